The highest BCUT2D eigenvalue weighted by atomic mass is 32.2. The van der Waals surface area contributed by atoms with Crippen molar-refractivity contribution in [2.75, 3.05) is 0 Å². The second kappa shape index (κ2) is 8.58. The lowest BCUT2D eigenvalue weighted by Gasteiger charge is -2.08. The summed E-state index contributed by atoms with van der Waals surface area (Å²) >= 11 is 4.20. The smallest absolute Gasteiger partial charge is 0.0588 e. The Morgan fingerprint density at radius 3 is 2.53 bits per heavy atom. The van der Waals surface area contributed by atoms with E-state index >= 15 is 0 Å². The lowest BCUT2D eigenvalue weighted by Crippen LogP contribution is -1.91. The zero-order valence-corrected chi connectivity index (χ0v) is 11.8. The van der Waals surface area contributed by atoms with Crippen LogP contribution in [0.2, 0.25) is 0 Å². The van der Waals surface area contributed by atoms with E-state index in [1.165, 1.54) is 51.4 Å². The lowest BCUT2D eigenvalue weighted by molar-refractivity contribution is 0.697. The van der Waals surface area contributed by atoms with E-state index in [0.29, 0.717) is 0 Å². The van der Waals surface area contributed by atoms with Gasteiger partial charge in [-0.15, -0.1) is 23.5 Å². The van der Waals surface area contributed by atoms with Gasteiger partial charge in [-0.2, -0.15) is 0 Å². The molecule has 0 radical (unpaired) electrons. The molecule has 0 N–H and O–H groups in total. The van der Waals surface area contributed by atoms with Gasteiger partial charge in [0.15, 0.2) is 0 Å². The third kappa shape index (κ3) is 5.91. The Labute approximate surface area is 104 Å². The van der Waals surface area contributed by atoms with Crippen molar-refractivity contribution in [3.63, 3.8) is 0 Å². The van der Waals surface area contributed by atoms with Crippen LogP contribution in [0.3, 0.4) is 0 Å². The van der Waals surface area contributed by atoms with Crippen molar-refractivity contribution in [2.24, 2.45) is 0 Å². The Morgan fingerprint density at radius 1 is 1.07 bits per heavy atom. The van der Waals surface area contributed by atoms with Gasteiger partial charge in [-0.3, -0.25) is 0 Å². The van der Waals surface area contributed by atoms with Gasteiger partial charge in [0, 0.05) is 0 Å². The number of rotatable bonds is 8. The van der Waals surface area contributed by atoms with Crippen molar-refractivity contribution in [1.29, 1.82) is 0 Å². The molecule has 0 nitrogen and oxygen atoms in total. The van der Waals surface area contributed by atoms with Gasteiger partial charge >= 0.3 is 0 Å². The van der Waals surface area contributed by atoms with Gasteiger partial charge in [0.05, 0.1) is 4.58 Å². The van der Waals surface area contributed by atoms with Crippen LogP contribution >= 0.6 is 23.5 Å². The summed E-state index contributed by atoms with van der Waals surface area (Å²) in [5, 5.41) is 2.41. The van der Waals surface area contributed by atoms with E-state index < -0.39 is 0 Å². The van der Waals surface area contributed by atoms with Crippen LogP contribution < -0.4 is 0 Å². The van der Waals surface area contributed by atoms with Crippen LogP contribution in [0.25, 0.3) is 0 Å². The Kier molecular flexibility index (Phi) is 7.72. The third-order valence-corrected chi connectivity index (χ3v) is 5.56. The minimum Gasteiger partial charge on any atom is -0.119 e. The van der Waals surface area contributed by atoms with Gasteiger partial charge in [0.25, 0.3) is 0 Å². The lowest BCUT2D eigenvalue weighted by atomic mass is 10.2. The number of hydrogen-bond donors (Lipinski definition) is 0. The summed E-state index contributed by atoms with van der Waals surface area (Å²) in [6.45, 7) is 4.56. The Morgan fingerprint density at radius 2 is 1.80 bits per heavy atom. The van der Waals surface area contributed by atoms with E-state index in [2.05, 4.69) is 42.8 Å². The molecule has 2 heteroatoms. The minimum absolute atomic E-state index is 0.841. The fraction of sp³-hybridized carbons (Fsp3) is 0.846. The second-order valence-corrected chi connectivity index (χ2v) is 6.92. The second-order valence-electron chi connectivity index (χ2n) is 4.22. The number of hydrogen-bond acceptors (Lipinski definition) is 2. The molecular formula is C13H24S2. The van der Waals surface area contributed by atoms with Gasteiger partial charge in [0.1, 0.15) is 0 Å². The Bertz CT molecular complexity index is 187. The highest BCUT2D eigenvalue weighted by Gasteiger charge is 2.17. The normalized spacial score (nSPS) is 20.7. The molecule has 1 heterocycles. The highest BCUT2D eigenvalue weighted by Crippen LogP contribution is 2.44. The monoisotopic (exact) mass is 244 g/mol. The van der Waals surface area contributed by atoms with E-state index in [9.17, 15) is 0 Å². The molecule has 0 amide bonds. The number of unbranched alkanes of at least 4 members (excludes halogenated alkanes) is 4. The van der Waals surface area contributed by atoms with Crippen LogP contribution in [0, 0.1) is 0 Å². The molecule has 1 atom stereocenters. The maximum Gasteiger partial charge on any atom is 0.0588 e. The topological polar surface area (TPSA) is 0 Å². The van der Waals surface area contributed by atoms with Crippen molar-refractivity contribution in [3.05, 3.63) is 10.3 Å². The molecule has 0 bridgehead atoms. The van der Waals surface area contributed by atoms with Crippen LogP contribution in [-0.4, -0.2) is 4.58 Å². The van der Waals surface area contributed by atoms with Crippen molar-refractivity contribution >= 4 is 23.5 Å². The largest absolute Gasteiger partial charge is 0.119 e. The van der Waals surface area contributed by atoms with Crippen molar-refractivity contribution in [2.45, 2.75) is 69.8 Å². The first-order chi connectivity index (χ1) is 7.36. The van der Waals surface area contributed by atoms with Crippen LogP contribution in [-0.2, 0) is 0 Å². The highest BCUT2D eigenvalue weighted by molar-refractivity contribution is 8.23. The Balaban J connectivity index is 2.03. The Hall–Kier alpha value is 0.440. The number of allylic oxidation sites excluding steroid dienone is 1. The predicted octanol–water partition coefficient (Wildman–Crippen LogP) is 5.79. The standard InChI is InChI=1S/C13H24S2/c1-3-5-7-9-12-11-14-13(15-12)10-8-6-4-2/h11,13H,3-10H2,1-2H3. The molecule has 0 saturated heterocycles. The summed E-state index contributed by atoms with van der Waals surface area (Å²) < 4.78 is 0.841. The maximum absolute atomic E-state index is 2.41. The van der Waals surface area contributed by atoms with Crippen LogP contribution in [0.4, 0.5) is 0 Å². The average Bonchev–Trinajstić information content (AvgIpc) is 2.67. The molecule has 0 saturated carbocycles. The van der Waals surface area contributed by atoms with Gasteiger partial charge in [-0.1, -0.05) is 46.0 Å². The van der Waals surface area contributed by atoms with E-state index in [1.807, 2.05) is 0 Å². The molecule has 0 aromatic rings. The molecule has 1 unspecified atom stereocenters. The predicted molar refractivity (Wildman–Crippen MR) is 75.3 cm³/mol. The average molecular weight is 244 g/mol. The number of thioether (sulfide) groups is 2. The molecule has 0 fully saturated rings. The first kappa shape index (κ1) is 13.5. The van der Waals surface area contributed by atoms with Gasteiger partial charge in [-0.05, 0) is 29.6 Å². The minimum atomic E-state index is 0.841. The molecule has 88 valence electrons. The summed E-state index contributed by atoms with van der Waals surface area (Å²) in [7, 11) is 0. The SMILES string of the molecule is CCCCCC1=CSC(CCCCC)S1. The molecule has 15 heavy (non-hydrogen) atoms. The van der Waals surface area contributed by atoms with Crippen molar-refractivity contribution in [1.82, 2.24) is 0 Å². The molecule has 1 rings (SSSR count). The molecule has 0 aromatic carbocycles. The van der Waals surface area contributed by atoms with Crippen LogP contribution in [0.15, 0.2) is 10.3 Å². The van der Waals surface area contributed by atoms with Crippen LogP contribution in [0.1, 0.15) is 65.2 Å². The fourth-order valence-corrected chi connectivity index (χ4v) is 4.49. The molecule has 1 aliphatic rings. The van der Waals surface area contributed by atoms with Crippen molar-refractivity contribution < 1.29 is 0 Å². The summed E-state index contributed by atoms with van der Waals surface area (Å²) in [6.07, 6.45) is 11.0. The summed E-state index contributed by atoms with van der Waals surface area (Å²) in [6, 6.07) is 0. The molecule has 1 aliphatic heterocycles. The first-order valence-corrected chi connectivity index (χ1v) is 8.20. The fourth-order valence-electron chi connectivity index (χ4n) is 1.73. The van der Waals surface area contributed by atoms with Crippen molar-refractivity contribution in [3.8, 4) is 0 Å². The maximum atomic E-state index is 2.41. The summed E-state index contributed by atoms with van der Waals surface area (Å²) in [5.41, 5.74) is 0. The first-order valence-electron chi connectivity index (χ1n) is 6.38. The zero-order valence-electron chi connectivity index (χ0n) is 10.1. The van der Waals surface area contributed by atoms with Gasteiger partial charge in [-0.25, -0.2) is 0 Å². The van der Waals surface area contributed by atoms with E-state index in [-0.39, 0.29) is 0 Å². The quantitative estimate of drug-likeness (QED) is 0.495. The third-order valence-electron chi connectivity index (χ3n) is 2.70. The van der Waals surface area contributed by atoms with E-state index in [1.54, 1.807) is 4.91 Å². The molecule has 0 spiro atoms. The van der Waals surface area contributed by atoms with Gasteiger partial charge in [0.2, 0.25) is 0 Å². The van der Waals surface area contributed by atoms with E-state index in [4.69, 9.17) is 0 Å². The summed E-state index contributed by atoms with van der Waals surface area (Å²) in [4.78, 5) is 1.65. The zero-order chi connectivity index (χ0) is 10.9. The molecule has 0 aromatic heterocycles. The van der Waals surface area contributed by atoms with Crippen LogP contribution in [0.5, 0.6) is 0 Å². The molecular weight excluding hydrogens is 220 g/mol. The molecule has 0 aliphatic carbocycles. The van der Waals surface area contributed by atoms with Gasteiger partial charge < -0.3 is 0 Å². The summed E-state index contributed by atoms with van der Waals surface area (Å²) in [5.74, 6) is 0. The van der Waals surface area contributed by atoms with E-state index in [0.717, 1.165) is 4.58 Å².